The minimum atomic E-state index is -0.541. The molecule has 0 atom stereocenters. The number of pyridine rings is 2. The predicted octanol–water partition coefficient (Wildman–Crippen LogP) is 3.16. The molecular weight excluding hydrogens is 318 g/mol. The summed E-state index contributed by atoms with van der Waals surface area (Å²) in [5.74, 6) is -0.541. The van der Waals surface area contributed by atoms with Crippen molar-refractivity contribution < 1.29 is 4.79 Å². The Balaban J connectivity index is 2.36. The Morgan fingerprint density at radius 2 is 1.85 bits per heavy atom. The lowest BCUT2D eigenvalue weighted by Crippen LogP contribution is -2.14. The van der Waals surface area contributed by atoms with Gasteiger partial charge in [0.25, 0.3) is 5.91 Å². The van der Waals surface area contributed by atoms with Crippen molar-refractivity contribution in [2.75, 3.05) is 0 Å². The predicted molar refractivity (Wildman–Crippen MR) is 81.2 cm³/mol. The molecule has 1 amide bonds. The molecule has 0 fully saturated rings. The number of rotatable bonds is 2. The Labute approximate surface area is 123 Å². The average Bonchev–Trinajstić information content (AvgIpc) is 2.47. The summed E-state index contributed by atoms with van der Waals surface area (Å²) in [5, 5.41) is 0.942. The third kappa shape index (κ3) is 2.06. The molecule has 0 unspecified atom stereocenters. The maximum Gasteiger partial charge on any atom is 0.267 e. The Kier molecular flexibility index (Phi) is 3.20. The fraction of sp³-hybridized carbons (Fsp3) is 0. The molecule has 0 aliphatic rings. The number of nitrogens with two attached hydrogens (primary N) is 1. The summed E-state index contributed by atoms with van der Waals surface area (Å²) in [6.45, 7) is 0. The highest BCUT2D eigenvalue weighted by molar-refractivity contribution is 9.10. The SMILES string of the molecule is NC(=O)c1ncccc1-c1ccnc2c(Br)cccc12. The summed E-state index contributed by atoms with van der Waals surface area (Å²) < 4.78 is 0.904. The molecule has 98 valence electrons. The van der Waals surface area contributed by atoms with Gasteiger partial charge in [-0.2, -0.15) is 0 Å². The monoisotopic (exact) mass is 327 g/mol. The van der Waals surface area contributed by atoms with Crippen LogP contribution in [0.4, 0.5) is 0 Å². The van der Waals surface area contributed by atoms with Gasteiger partial charge in [-0.15, -0.1) is 0 Å². The zero-order valence-corrected chi connectivity index (χ0v) is 12.0. The van der Waals surface area contributed by atoms with Crippen LogP contribution in [-0.2, 0) is 0 Å². The summed E-state index contributed by atoms with van der Waals surface area (Å²) in [5.41, 5.74) is 8.10. The zero-order chi connectivity index (χ0) is 14.1. The molecule has 4 nitrogen and oxygen atoms in total. The third-order valence-corrected chi connectivity index (χ3v) is 3.69. The molecule has 0 bridgehead atoms. The largest absolute Gasteiger partial charge is 0.364 e. The molecule has 1 aromatic carbocycles. The first kappa shape index (κ1) is 12.7. The van der Waals surface area contributed by atoms with Gasteiger partial charge in [-0.1, -0.05) is 18.2 Å². The first-order valence-electron chi connectivity index (χ1n) is 5.97. The molecule has 0 saturated carbocycles. The molecule has 0 spiro atoms. The van der Waals surface area contributed by atoms with E-state index in [2.05, 4.69) is 25.9 Å². The summed E-state index contributed by atoms with van der Waals surface area (Å²) in [4.78, 5) is 20.0. The van der Waals surface area contributed by atoms with E-state index in [0.717, 1.165) is 20.9 Å². The molecule has 20 heavy (non-hydrogen) atoms. The molecule has 2 N–H and O–H groups in total. The van der Waals surface area contributed by atoms with Gasteiger partial charge in [0.2, 0.25) is 0 Å². The molecule has 0 radical (unpaired) electrons. The van der Waals surface area contributed by atoms with E-state index in [9.17, 15) is 4.79 Å². The Morgan fingerprint density at radius 3 is 2.65 bits per heavy atom. The van der Waals surface area contributed by atoms with E-state index in [4.69, 9.17) is 5.73 Å². The van der Waals surface area contributed by atoms with E-state index >= 15 is 0 Å². The van der Waals surface area contributed by atoms with E-state index in [1.165, 1.54) is 0 Å². The number of para-hydroxylation sites is 1. The van der Waals surface area contributed by atoms with Gasteiger partial charge < -0.3 is 5.73 Å². The second-order valence-corrected chi connectivity index (χ2v) is 5.11. The average molecular weight is 328 g/mol. The summed E-state index contributed by atoms with van der Waals surface area (Å²) in [6.07, 6.45) is 3.27. The van der Waals surface area contributed by atoms with Crippen molar-refractivity contribution in [3.05, 3.63) is 59.0 Å². The molecule has 0 saturated heterocycles. The zero-order valence-electron chi connectivity index (χ0n) is 10.4. The van der Waals surface area contributed by atoms with Crippen molar-refractivity contribution in [3.63, 3.8) is 0 Å². The van der Waals surface area contributed by atoms with E-state index in [1.807, 2.05) is 30.3 Å². The number of carbonyl (C=O) groups is 1. The smallest absolute Gasteiger partial charge is 0.267 e. The summed E-state index contributed by atoms with van der Waals surface area (Å²) in [7, 11) is 0. The number of halogens is 1. The quantitative estimate of drug-likeness (QED) is 0.786. The Bertz CT molecular complexity index is 817. The number of fused-ring (bicyclic) bond motifs is 1. The lowest BCUT2D eigenvalue weighted by molar-refractivity contribution is 0.0996. The highest BCUT2D eigenvalue weighted by Crippen LogP contribution is 2.31. The van der Waals surface area contributed by atoms with Crippen LogP contribution in [0.25, 0.3) is 22.0 Å². The number of benzene rings is 1. The molecule has 2 aromatic heterocycles. The van der Waals surface area contributed by atoms with Crippen molar-refractivity contribution in [3.8, 4) is 11.1 Å². The minimum Gasteiger partial charge on any atom is -0.364 e. The van der Waals surface area contributed by atoms with Crippen LogP contribution in [0.5, 0.6) is 0 Å². The first-order chi connectivity index (χ1) is 9.68. The van der Waals surface area contributed by atoms with Gasteiger partial charge in [-0.25, -0.2) is 0 Å². The van der Waals surface area contributed by atoms with Crippen LogP contribution in [-0.4, -0.2) is 15.9 Å². The number of hydrogen-bond acceptors (Lipinski definition) is 3. The molecule has 2 heterocycles. The van der Waals surface area contributed by atoms with Crippen LogP contribution in [0, 0.1) is 0 Å². The van der Waals surface area contributed by atoms with Gasteiger partial charge in [0.05, 0.1) is 5.52 Å². The third-order valence-electron chi connectivity index (χ3n) is 3.05. The minimum absolute atomic E-state index is 0.264. The number of hydrogen-bond donors (Lipinski definition) is 1. The summed E-state index contributed by atoms with van der Waals surface area (Å²) in [6, 6.07) is 11.3. The van der Waals surface area contributed by atoms with Gasteiger partial charge in [0.15, 0.2) is 0 Å². The summed E-state index contributed by atoms with van der Waals surface area (Å²) >= 11 is 3.48. The number of carbonyl (C=O) groups excluding carboxylic acids is 1. The van der Waals surface area contributed by atoms with Crippen LogP contribution < -0.4 is 5.73 Å². The van der Waals surface area contributed by atoms with Crippen molar-refractivity contribution in [1.82, 2.24) is 9.97 Å². The number of nitrogens with zero attached hydrogens (tertiary/aromatic N) is 2. The van der Waals surface area contributed by atoms with Gasteiger partial charge in [-0.3, -0.25) is 14.8 Å². The van der Waals surface area contributed by atoms with Gasteiger partial charge in [0, 0.05) is 27.8 Å². The van der Waals surface area contributed by atoms with E-state index in [0.29, 0.717) is 5.56 Å². The number of primary amides is 1. The van der Waals surface area contributed by atoms with E-state index in [1.54, 1.807) is 18.5 Å². The van der Waals surface area contributed by atoms with Crippen molar-refractivity contribution >= 4 is 32.7 Å². The molecule has 0 aliphatic heterocycles. The van der Waals surface area contributed by atoms with Crippen LogP contribution in [0.1, 0.15) is 10.5 Å². The topological polar surface area (TPSA) is 68.9 Å². The van der Waals surface area contributed by atoms with Crippen LogP contribution in [0.3, 0.4) is 0 Å². The maximum absolute atomic E-state index is 11.5. The highest BCUT2D eigenvalue weighted by atomic mass is 79.9. The van der Waals surface area contributed by atoms with Crippen LogP contribution in [0.15, 0.2) is 53.3 Å². The second kappa shape index (κ2) is 5.02. The van der Waals surface area contributed by atoms with E-state index in [-0.39, 0.29) is 5.69 Å². The molecule has 5 heteroatoms. The normalized spacial score (nSPS) is 10.7. The molecule has 0 aliphatic carbocycles. The number of amides is 1. The van der Waals surface area contributed by atoms with Gasteiger partial charge in [0.1, 0.15) is 5.69 Å². The second-order valence-electron chi connectivity index (χ2n) is 4.26. The van der Waals surface area contributed by atoms with Crippen molar-refractivity contribution in [2.45, 2.75) is 0 Å². The van der Waals surface area contributed by atoms with Crippen LogP contribution >= 0.6 is 15.9 Å². The highest BCUT2D eigenvalue weighted by Gasteiger charge is 2.14. The Morgan fingerprint density at radius 1 is 1.00 bits per heavy atom. The molecular formula is C15H10BrN3O. The Hall–Kier alpha value is -2.27. The van der Waals surface area contributed by atoms with Crippen LogP contribution in [0.2, 0.25) is 0 Å². The first-order valence-corrected chi connectivity index (χ1v) is 6.76. The lowest BCUT2D eigenvalue weighted by Gasteiger charge is -2.09. The van der Waals surface area contributed by atoms with Gasteiger partial charge >= 0.3 is 0 Å². The fourth-order valence-electron chi connectivity index (χ4n) is 2.19. The maximum atomic E-state index is 11.5. The number of aromatic nitrogens is 2. The van der Waals surface area contributed by atoms with E-state index < -0.39 is 5.91 Å². The van der Waals surface area contributed by atoms with Crippen molar-refractivity contribution in [2.24, 2.45) is 5.73 Å². The fourth-order valence-corrected chi connectivity index (χ4v) is 2.66. The molecule has 3 rings (SSSR count). The van der Waals surface area contributed by atoms with Crippen molar-refractivity contribution in [1.29, 1.82) is 0 Å². The lowest BCUT2D eigenvalue weighted by atomic mass is 10.00. The molecule has 3 aromatic rings. The van der Waals surface area contributed by atoms with Gasteiger partial charge in [-0.05, 0) is 39.7 Å². The standard InChI is InChI=1S/C15H10BrN3O/c16-12-5-1-3-10-9(6-8-19-13(10)12)11-4-2-7-18-14(11)15(17)20/h1-8H,(H2,17,20).